The molecule has 2 heterocycles. The maximum atomic E-state index is 12.1. The number of hydrogen-bond donors (Lipinski definition) is 1. The lowest BCUT2D eigenvalue weighted by atomic mass is 10.2. The monoisotopic (exact) mass is 330 g/mol. The Bertz CT molecular complexity index is 471. The Morgan fingerprint density at radius 2 is 2.16 bits per heavy atom. The van der Waals surface area contributed by atoms with Crippen molar-refractivity contribution < 1.29 is 4.74 Å². The molecule has 1 aromatic heterocycles. The van der Waals surface area contributed by atoms with E-state index in [2.05, 4.69) is 31.5 Å². The highest BCUT2D eigenvalue weighted by Crippen LogP contribution is 2.18. The normalized spacial score (nSPS) is 16.5. The van der Waals surface area contributed by atoms with Crippen molar-refractivity contribution in [2.24, 2.45) is 0 Å². The Morgan fingerprint density at radius 3 is 2.84 bits per heavy atom. The predicted molar refractivity (Wildman–Crippen MR) is 77.1 cm³/mol. The van der Waals surface area contributed by atoms with Crippen LogP contribution in [0, 0.1) is 0 Å². The molecule has 0 atom stereocenters. The maximum absolute atomic E-state index is 12.1. The molecule has 1 aliphatic heterocycles. The second-order valence-corrected chi connectivity index (χ2v) is 5.35. The summed E-state index contributed by atoms with van der Waals surface area (Å²) in [6, 6.07) is 0. The van der Waals surface area contributed by atoms with Gasteiger partial charge in [0.15, 0.2) is 0 Å². The summed E-state index contributed by atoms with van der Waals surface area (Å²) in [6.45, 7) is 2.93. The first-order valence-corrected chi connectivity index (χ1v) is 7.28. The number of hydrogen-bond acceptors (Lipinski definition) is 5. The summed E-state index contributed by atoms with van der Waals surface area (Å²) >= 11 is 3.35. The average Bonchev–Trinajstić information content (AvgIpc) is 2.44. The molecule has 0 bridgehead atoms. The van der Waals surface area contributed by atoms with Crippen LogP contribution in [-0.4, -0.2) is 41.6 Å². The van der Waals surface area contributed by atoms with Crippen molar-refractivity contribution in [3.8, 4) is 0 Å². The molecule has 0 amide bonds. The third kappa shape index (κ3) is 3.77. The molecule has 2 rings (SSSR count). The Morgan fingerprint density at radius 1 is 1.42 bits per heavy atom. The van der Waals surface area contributed by atoms with Gasteiger partial charge in [-0.3, -0.25) is 4.79 Å². The molecule has 1 N–H and O–H groups in total. The summed E-state index contributed by atoms with van der Waals surface area (Å²) in [4.78, 5) is 12.1. The van der Waals surface area contributed by atoms with E-state index >= 15 is 0 Å². The molecule has 0 saturated carbocycles. The van der Waals surface area contributed by atoms with Crippen LogP contribution in [0.3, 0.4) is 0 Å². The number of hydrazine groups is 1. The van der Waals surface area contributed by atoms with Crippen molar-refractivity contribution in [2.45, 2.75) is 25.8 Å². The number of anilines is 1. The summed E-state index contributed by atoms with van der Waals surface area (Å²) in [7, 11) is 1.60. The number of methoxy groups -OCH3 is 1. The molecule has 1 fully saturated rings. The number of ether oxygens (including phenoxy) is 1. The molecule has 1 saturated heterocycles. The third-order valence-electron chi connectivity index (χ3n) is 3.13. The highest BCUT2D eigenvalue weighted by atomic mass is 79.9. The number of nitrogens with one attached hydrogen (secondary N) is 1. The van der Waals surface area contributed by atoms with Gasteiger partial charge >= 0.3 is 0 Å². The molecular weight excluding hydrogens is 312 g/mol. The molecule has 1 aliphatic rings. The molecule has 0 unspecified atom stereocenters. The Kier molecular flexibility index (Phi) is 5.35. The quantitative estimate of drug-likeness (QED) is 0.885. The van der Waals surface area contributed by atoms with Gasteiger partial charge in [-0.1, -0.05) is 6.42 Å². The van der Waals surface area contributed by atoms with Gasteiger partial charge in [0.25, 0.3) is 5.56 Å². The van der Waals surface area contributed by atoms with Gasteiger partial charge in [0.05, 0.1) is 25.0 Å². The first-order chi connectivity index (χ1) is 9.22. The zero-order chi connectivity index (χ0) is 13.7. The SMILES string of the molecule is COCCn1ncc(NN2CCCCC2)c(Br)c1=O. The van der Waals surface area contributed by atoms with E-state index < -0.39 is 0 Å². The second-order valence-electron chi connectivity index (χ2n) is 4.55. The van der Waals surface area contributed by atoms with E-state index in [1.165, 1.54) is 23.9 Å². The van der Waals surface area contributed by atoms with Crippen molar-refractivity contribution >= 4 is 21.6 Å². The summed E-state index contributed by atoms with van der Waals surface area (Å²) in [5.41, 5.74) is 3.84. The first kappa shape index (κ1) is 14.5. The van der Waals surface area contributed by atoms with Crippen LogP contribution in [0.1, 0.15) is 19.3 Å². The minimum Gasteiger partial charge on any atom is -0.383 e. The fourth-order valence-electron chi connectivity index (χ4n) is 2.06. The average molecular weight is 331 g/mol. The summed E-state index contributed by atoms with van der Waals surface area (Å²) < 4.78 is 6.87. The van der Waals surface area contributed by atoms with Crippen LogP contribution in [0.4, 0.5) is 5.69 Å². The van der Waals surface area contributed by atoms with E-state index in [0.717, 1.165) is 18.8 Å². The lowest BCUT2D eigenvalue weighted by molar-refractivity contribution is 0.181. The summed E-state index contributed by atoms with van der Waals surface area (Å²) in [5, 5.41) is 6.28. The van der Waals surface area contributed by atoms with Crippen molar-refractivity contribution in [3.05, 3.63) is 21.0 Å². The molecule has 19 heavy (non-hydrogen) atoms. The molecule has 1 aromatic rings. The van der Waals surface area contributed by atoms with Crippen LogP contribution >= 0.6 is 15.9 Å². The molecule has 0 spiro atoms. The largest absolute Gasteiger partial charge is 0.383 e. The van der Waals surface area contributed by atoms with Crippen LogP contribution in [0.5, 0.6) is 0 Å². The number of aromatic nitrogens is 2. The van der Waals surface area contributed by atoms with E-state index in [1.54, 1.807) is 13.3 Å². The van der Waals surface area contributed by atoms with Crippen LogP contribution in [0.25, 0.3) is 0 Å². The molecule has 106 valence electrons. The van der Waals surface area contributed by atoms with Gasteiger partial charge < -0.3 is 10.2 Å². The zero-order valence-corrected chi connectivity index (χ0v) is 12.6. The van der Waals surface area contributed by atoms with Gasteiger partial charge in [-0.15, -0.1) is 0 Å². The highest BCUT2D eigenvalue weighted by molar-refractivity contribution is 9.10. The van der Waals surface area contributed by atoms with Gasteiger partial charge in [-0.25, -0.2) is 9.69 Å². The van der Waals surface area contributed by atoms with Crippen LogP contribution in [0.15, 0.2) is 15.5 Å². The fourth-order valence-corrected chi connectivity index (χ4v) is 2.45. The van der Waals surface area contributed by atoms with Crippen LogP contribution < -0.4 is 11.0 Å². The lowest BCUT2D eigenvalue weighted by Crippen LogP contribution is -2.36. The number of rotatable bonds is 5. The maximum Gasteiger partial charge on any atom is 0.283 e. The zero-order valence-electron chi connectivity index (χ0n) is 11.1. The molecule has 0 aliphatic carbocycles. The minimum atomic E-state index is -0.140. The molecule has 0 aromatic carbocycles. The minimum absolute atomic E-state index is 0.140. The van der Waals surface area contributed by atoms with Gasteiger partial charge in [-0.2, -0.15) is 5.10 Å². The van der Waals surface area contributed by atoms with Crippen molar-refractivity contribution in [1.29, 1.82) is 0 Å². The third-order valence-corrected chi connectivity index (χ3v) is 3.89. The number of piperidine rings is 1. The Labute approximate surface area is 120 Å². The molecule has 6 nitrogen and oxygen atoms in total. The van der Waals surface area contributed by atoms with Crippen LogP contribution in [0.2, 0.25) is 0 Å². The van der Waals surface area contributed by atoms with E-state index in [-0.39, 0.29) is 5.56 Å². The number of halogens is 1. The Hall–Kier alpha value is -0.920. The van der Waals surface area contributed by atoms with E-state index in [0.29, 0.717) is 17.6 Å². The second kappa shape index (κ2) is 7.02. The van der Waals surface area contributed by atoms with Gasteiger partial charge in [0.1, 0.15) is 4.47 Å². The first-order valence-electron chi connectivity index (χ1n) is 6.48. The lowest BCUT2D eigenvalue weighted by Gasteiger charge is -2.28. The van der Waals surface area contributed by atoms with E-state index in [1.807, 2.05) is 0 Å². The van der Waals surface area contributed by atoms with Gasteiger partial charge in [-0.05, 0) is 28.8 Å². The fraction of sp³-hybridized carbons (Fsp3) is 0.667. The van der Waals surface area contributed by atoms with Crippen LogP contribution in [-0.2, 0) is 11.3 Å². The molecule has 7 heteroatoms. The highest BCUT2D eigenvalue weighted by Gasteiger charge is 2.14. The smallest absolute Gasteiger partial charge is 0.283 e. The summed E-state index contributed by atoms with van der Waals surface area (Å²) in [6.07, 6.45) is 5.32. The van der Waals surface area contributed by atoms with Gasteiger partial charge in [0.2, 0.25) is 0 Å². The van der Waals surface area contributed by atoms with Gasteiger partial charge in [0, 0.05) is 20.2 Å². The number of nitrogens with zero attached hydrogens (tertiary/aromatic N) is 3. The predicted octanol–water partition coefficient (Wildman–Crippen LogP) is 1.46. The van der Waals surface area contributed by atoms with E-state index in [9.17, 15) is 4.79 Å². The summed E-state index contributed by atoms with van der Waals surface area (Å²) in [5.74, 6) is 0. The van der Waals surface area contributed by atoms with E-state index in [4.69, 9.17) is 4.74 Å². The molecule has 0 radical (unpaired) electrons. The Balaban J connectivity index is 2.09. The standard InChI is InChI=1S/C12H19BrN4O2/c1-19-8-7-17-12(18)11(13)10(9-14-17)15-16-5-3-2-4-6-16/h9,15H,2-8H2,1H3. The van der Waals surface area contributed by atoms with Crippen molar-refractivity contribution in [2.75, 3.05) is 32.2 Å². The topological polar surface area (TPSA) is 59.4 Å². The van der Waals surface area contributed by atoms with Crippen molar-refractivity contribution in [1.82, 2.24) is 14.8 Å². The van der Waals surface area contributed by atoms with Crippen molar-refractivity contribution in [3.63, 3.8) is 0 Å². The molecular formula is C12H19BrN4O2.